The molecule has 0 fully saturated rings. The van der Waals surface area contributed by atoms with Gasteiger partial charge in [0.2, 0.25) is 0 Å². The van der Waals surface area contributed by atoms with Crippen molar-refractivity contribution in [2.45, 2.75) is 13.3 Å². The number of nitrogens with two attached hydrogens (primary N) is 2. The van der Waals surface area contributed by atoms with Crippen LogP contribution < -0.4 is 22.3 Å². The number of nitrogens with one attached hydrogen (secondary N) is 1. The second kappa shape index (κ2) is 12.7. The van der Waals surface area contributed by atoms with Crippen LogP contribution in [0.25, 0.3) is 16.5 Å². The molecule has 11 heteroatoms. The van der Waals surface area contributed by atoms with Crippen LogP contribution in [-0.4, -0.2) is 36.6 Å². The molecule has 0 radical (unpaired) electrons. The number of carbonyl (C=O) groups is 1. The minimum absolute atomic E-state index is 0.131. The number of nitrogens with zero attached hydrogens (tertiary/aromatic N) is 5. The van der Waals surface area contributed by atoms with Crippen molar-refractivity contribution in [2.75, 3.05) is 17.6 Å². The predicted octanol–water partition coefficient (Wildman–Crippen LogP) is 3.52. The maximum atomic E-state index is 13.8. The standard InChI is InChI=1S/C23H18FN3O.C8H13N5O/c1-3-20-12-18-7-4-6-17(11-10-16-14-25-26(2)15-16)22(18)23(28)27(20)21-9-5-8-19(24)13-21;1-3-4-11-8-5(7(10)14)6(9)12-13(8)2/h4-9,12-15H,3H2,1-2H3;3,11H,1,4H2,2H3,(H2,9,12)(H2,10,14). The fraction of sp³-hybridized carbons (Fsp3) is 0.161. The monoisotopic (exact) mass is 566 g/mol. The number of primary amides is 1. The van der Waals surface area contributed by atoms with Crippen LogP contribution in [0, 0.1) is 17.7 Å². The third kappa shape index (κ3) is 6.23. The molecule has 0 aliphatic carbocycles. The molecule has 5 N–H and O–H groups in total. The molecule has 3 aromatic heterocycles. The summed E-state index contributed by atoms with van der Waals surface area (Å²) in [5, 5.41) is 12.3. The van der Waals surface area contributed by atoms with Crippen LogP contribution in [-0.2, 0) is 20.5 Å². The lowest BCUT2D eigenvalue weighted by molar-refractivity contribution is 0.100. The fourth-order valence-electron chi connectivity index (χ4n) is 4.46. The van der Waals surface area contributed by atoms with Gasteiger partial charge in [-0.15, -0.1) is 6.58 Å². The van der Waals surface area contributed by atoms with E-state index in [-0.39, 0.29) is 22.8 Å². The number of fused-ring (bicyclic) bond motifs is 1. The number of hydrogen-bond donors (Lipinski definition) is 3. The number of aryl methyl sites for hydroxylation is 3. The lowest BCUT2D eigenvalue weighted by Crippen LogP contribution is -2.22. The first-order valence-electron chi connectivity index (χ1n) is 13.1. The summed E-state index contributed by atoms with van der Waals surface area (Å²) < 4.78 is 18.5. The van der Waals surface area contributed by atoms with Gasteiger partial charge >= 0.3 is 0 Å². The Morgan fingerprint density at radius 1 is 1.17 bits per heavy atom. The fourth-order valence-corrected chi connectivity index (χ4v) is 4.46. The molecule has 0 atom stereocenters. The molecule has 5 aromatic rings. The topological polar surface area (TPSA) is 139 Å². The lowest BCUT2D eigenvalue weighted by atomic mass is 10.0. The Hall–Kier alpha value is -5.63. The number of amides is 1. The Morgan fingerprint density at radius 2 is 1.93 bits per heavy atom. The molecule has 0 saturated carbocycles. The van der Waals surface area contributed by atoms with Crippen LogP contribution in [0.1, 0.15) is 34.1 Å². The number of carbonyl (C=O) groups excluding carboxylic acids is 1. The highest BCUT2D eigenvalue weighted by Crippen LogP contribution is 2.21. The third-order valence-electron chi connectivity index (χ3n) is 6.33. The first-order valence-corrected chi connectivity index (χ1v) is 13.1. The smallest absolute Gasteiger partial charge is 0.264 e. The van der Waals surface area contributed by atoms with E-state index in [1.165, 1.54) is 16.8 Å². The number of rotatable bonds is 6. The second-order valence-electron chi connectivity index (χ2n) is 9.30. The van der Waals surface area contributed by atoms with E-state index in [2.05, 4.69) is 33.9 Å². The molecule has 10 nitrogen and oxygen atoms in total. The largest absolute Gasteiger partial charge is 0.381 e. The molecule has 0 saturated heterocycles. The van der Waals surface area contributed by atoms with Gasteiger partial charge in [-0.05, 0) is 42.1 Å². The highest BCUT2D eigenvalue weighted by atomic mass is 19.1. The second-order valence-corrected chi connectivity index (χ2v) is 9.30. The molecule has 0 bridgehead atoms. The van der Waals surface area contributed by atoms with Gasteiger partial charge in [0, 0.05) is 38.1 Å². The van der Waals surface area contributed by atoms with Gasteiger partial charge in [0.1, 0.15) is 17.2 Å². The molecule has 214 valence electrons. The molecular weight excluding hydrogens is 535 g/mol. The van der Waals surface area contributed by atoms with E-state index in [4.69, 9.17) is 11.5 Å². The van der Waals surface area contributed by atoms with Gasteiger partial charge < -0.3 is 16.8 Å². The minimum Gasteiger partial charge on any atom is -0.381 e. The first-order chi connectivity index (χ1) is 20.1. The normalized spacial score (nSPS) is 10.4. The molecule has 3 heterocycles. The maximum absolute atomic E-state index is 13.8. The van der Waals surface area contributed by atoms with Crippen molar-refractivity contribution in [2.24, 2.45) is 19.8 Å². The van der Waals surface area contributed by atoms with Crippen molar-refractivity contribution in [3.05, 3.63) is 112 Å². The van der Waals surface area contributed by atoms with E-state index in [9.17, 15) is 14.0 Å². The van der Waals surface area contributed by atoms with Crippen molar-refractivity contribution in [1.29, 1.82) is 0 Å². The van der Waals surface area contributed by atoms with E-state index in [1.54, 1.807) is 40.7 Å². The zero-order chi connectivity index (χ0) is 30.4. The number of pyridine rings is 1. The number of aromatic nitrogens is 5. The molecule has 2 aromatic carbocycles. The van der Waals surface area contributed by atoms with Crippen LogP contribution in [0.4, 0.5) is 16.0 Å². The Balaban J connectivity index is 0.000000244. The number of halogens is 1. The van der Waals surface area contributed by atoms with Gasteiger partial charge in [0.05, 0.1) is 22.8 Å². The van der Waals surface area contributed by atoms with Gasteiger partial charge in [-0.3, -0.25) is 23.5 Å². The summed E-state index contributed by atoms with van der Waals surface area (Å²) in [4.78, 5) is 24.5. The van der Waals surface area contributed by atoms with Gasteiger partial charge in [0.25, 0.3) is 11.5 Å². The highest BCUT2D eigenvalue weighted by Gasteiger charge is 2.18. The Labute approximate surface area is 242 Å². The SMILES string of the molecule is C=CCNc1c(C(N)=O)c(N)nn1C.CCc1cc2cccc(C#Cc3cnn(C)c3)c2c(=O)n1-c1cccc(F)c1. The molecule has 5 rings (SSSR count). The van der Waals surface area contributed by atoms with Gasteiger partial charge in [0.15, 0.2) is 5.82 Å². The van der Waals surface area contributed by atoms with E-state index in [1.807, 2.05) is 44.4 Å². The average Bonchev–Trinajstić information content (AvgIpc) is 3.51. The van der Waals surface area contributed by atoms with E-state index in [0.717, 1.165) is 16.6 Å². The average molecular weight is 567 g/mol. The summed E-state index contributed by atoms with van der Waals surface area (Å²) >= 11 is 0. The van der Waals surface area contributed by atoms with Crippen LogP contribution in [0.15, 0.2) is 78.4 Å². The Morgan fingerprint density at radius 3 is 2.57 bits per heavy atom. The summed E-state index contributed by atoms with van der Waals surface area (Å²) in [5.74, 6) is 5.82. The predicted molar refractivity (Wildman–Crippen MR) is 163 cm³/mol. The van der Waals surface area contributed by atoms with Crippen LogP contribution in [0.3, 0.4) is 0 Å². The van der Waals surface area contributed by atoms with E-state index >= 15 is 0 Å². The molecule has 1 amide bonds. The van der Waals surface area contributed by atoms with Crippen molar-refractivity contribution in [1.82, 2.24) is 24.1 Å². The van der Waals surface area contributed by atoms with Crippen molar-refractivity contribution < 1.29 is 9.18 Å². The van der Waals surface area contributed by atoms with Crippen LogP contribution in [0.5, 0.6) is 0 Å². The number of hydrogen-bond acceptors (Lipinski definition) is 6. The van der Waals surface area contributed by atoms with Gasteiger partial charge in [-0.25, -0.2) is 4.39 Å². The quantitative estimate of drug-likeness (QED) is 0.212. The Kier molecular flexibility index (Phi) is 8.87. The molecule has 0 unspecified atom stereocenters. The molecule has 0 aliphatic heterocycles. The molecule has 0 aliphatic rings. The first kappa shape index (κ1) is 29.4. The van der Waals surface area contributed by atoms with E-state index < -0.39 is 5.91 Å². The van der Waals surface area contributed by atoms with Gasteiger partial charge in [-0.2, -0.15) is 10.2 Å². The number of anilines is 2. The van der Waals surface area contributed by atoms with Crippen molar-refractivity contribution >= 4 is 28.3 Å². The highest BCUT2D eigenvalue weighted by molar-refractivity contribution is 6.02. The molecular formula is C31H31FN8O2. The van der Waals surface area contributed by atoms with Crippen LogP contribution in [0.2, 0.25) is 0 Å². The third-order valence-corrected chi connectivity index (χ3v) is 6.33. The lowest BCUT2D eigenvalue weighted by Gasteiger charge is -2.14. The summed E-state index contributed by atoms with van der Waals surface area (Å²) in [5.41, 5.74) is 13.4. The van der Waals surface area contributed by atoms with Gasteiger partial charge in [-0.1, -0.05) is 43.0 Å². The molecule has 0 spiro atoms. The minimum atomic E-state index is -0.595. The maximum Gasteiger partial charge on any atom is 0.264 e. The Bertz CT molecular complexity index is 1910. The summed E-state index contributed by atoms with van der Waals surface area (Å²) in [6.45, 7) is 6.03. The van der Waals surface area contributed by atoms with E-state index in [0.29, 0.717) is 35.4 Å². The summed E-state index contributed by atoms with van der Waals surface area (Å²) in [6.07, 6.45) is 5.80. The summed E-state index contributed by atoms with van der Waals surface area (Å²) in [7, 11) is 3.50. The number of benzene rings is 2. The van der Waals surface area contributed by atoms with Crippen molar-refractivity contribution in [3.8, 4) is 17.5 Å². The van der Waals surface area contributed by atoms with Crippen molar-refractivity contribution in [3.63, 3.8) is 0 Å². The van der Waals surface area contributed by atoms with Crippen LogP contribution >= 0.6 is 0 Å². The molecule has 42 heavy (non-hydrogen) atoms. The summed E-state index contributed by atoms with van der Waals surface area (Å²) in [6, 6.07) is 13.7. The zero-order valence-corrected chi connectivity index (χ0v) is 23.6. The zero-order valence-electron chi connectivity index (χ0n) is 23.6. The number of nitrogen functional groups attached to an aromatic ring is 1.